The summed E-state index contributed by atoms with van der Waals surface area (Å²) in [7, 11) is 0. The SMILES string of the molecule is CC(NCc1ncon1)c1cc2cc(Br)ccc2o1. The zero-order chi connectivity index (χ0) is 13.2. The molecule has 0 bridgehead atoms. The summed E-state index contributed by atoms with van der Waals surface area (Å²) in [6.07, 6.45) is 1.32. The predicted octanol–water partition coefficient (Wildman–Crippen LogP) is 3.43. The molecule has 2 heterocycles. The Balaban J connectivity index is 1.75. The van der Waals surface area contributed by atoms with Crippen molar-refractivity contribution in [2.75, 3.05) is 0 Å². The van der Waals surface area contributed by atoms with E-state index in [1.165, 1.54) is 6.39 Å². The molecule has 2 aromatic heterocycles. The first-order chi connectivity index (χ1) is 9.22. The molecule has 5 nitrogen and oxygen atoms in total. The largest absolute Gasteiger partial charge is 0.459 e. The van der Waals surface area contributed by atoms with Crippen LogP contribution in [0.5, 0.6) is 0 Å². The molecule has 0 saturated heterocycles. The fourth-order valence-corrected chi connectivity index (χ4v) is 2.24. The van der Waals surface area contributed by atoms with Crippen LogP contribution in [0.2, 0.25) is 0 Å². The predicted molar refractivity (Wildman–Crippen MR) is 73.5 cm³/mol. The molecule has 6 heteroatoms. The molecule has 0 aliphatic rings. The number of rotatable bonds is 4. The van der Waals surface area contributed by atoms with Gasteiger partial charge in [0.25, 0.3) is 0 Å². The minimum Gasteiger partial charge on any atom is -0.459 e. The Hall–Kier alpha value is -1.66. The molecular formula is C13H12BrN3O2. The highest BCUT2D eigenvalue weighted by Gasteiger charge is 2.12. The summed E-state index contributed by atoms with van der Waals surface area (Å²) in [5.41, 5.74) is 0.881. The maximum Gasteiger partial charge on any atom is 0.213 e. The highest BCUT2D eigenvalue weighted by atomic mass is 79.9. The maximum absolute atomic E-state index is 5.81. The highest BCUT2D eigenvalue weighted by molar-refractivity contribution is 9.10. The lowest BCUT2D eigenvalue weighted by molar-refractivity contribution is 0.399. The molecule has 1 N–H and O–H groups in total. The number of benzene rings is 1. The summed E-state index contributed by atoms with van der Waals surface area (Å²) in [4.78, 5) is 3.96. The third-order valence-corrected chi connectivity index (χ3v) is 3.39. The van der Waals surface area contributed by atoms with Gasteiger partial charge >= 0.3 is 0 Å². The van der Waals surface area contributed by atoms with Crippen molar-refractivity contribution in [3.8, 4) is 0 Å². The lowest BCUT2D eigenvalue weighted by Gasteiger charge is -2.08. The van der Waals surface area contributed by atoms with Gasteiger partial charge in [-0.15, -0.1) is 0 Å². The molecule has 0 spiro atoms. The second-order valence-corrected chi connectivity index (χ2v) is 5.20. The van der Waals surface area contributed by atoms with Crippen molar-refractivity contribution in [1.82, 2.24) is 15.5 Å². The Morgan fingerprint density at radius 2 is 2.26 bits per heavy atom. The first kappa shape index (κ1) is 12.4. The van der Waals surface area contributed by atoms with Gasteiger partial charge in [-0.25, -0.2) is 0 Å². The smallest absolute Gasteiger partial charge is 0.213 e. The quantitative estimate of drug-likeness (QED) is 0.797. The number of hydrogen-bond donors (Lipinski definition) is 1. The molecule has 0 fully saturated rings. The fraction of sp³-hybridized carbons (Fsp3) is 0.231. The molecule has 3 aromatic rings. The van der Waals surface area contributed by atoms with Crippen LogP contribution in [-0.4, -0.2) is 10.1 Å². The lowest BCUT2D eigenvalue weighted by atomic mass is 10.2. The number of aromatic nitrogens is 2. The summed E-state index contributed by atoms with van der Waals surface area (Å²) in [5.74, 6) is 1.52. The number of halogens is 1. The number of nitrogens with zero attached hydrogens (tertiary/aromatic N) is 2. The first-order valence-electron chi connectivity index (χ1n) is 5.90. The van der Waals surface area contributed by atoms with E-state index in [2.05, 4.69) is 35.9 Å². The van der Waals surface area contributed by atoms with Gasteiger partial charge in [0.1, 0.15) is 11.3 Å². The topological polar surface area (TPSA) is 64.1 Å². The molecule has 0 aliphatic carbocycles. The van der Waals surface area contributed by atoms with Crippen LogP contribution in [0.15, 0.2) is 44.1 Å². The minimum absolute atomic E-state index is 0.0738. The first-order valence-corrected chi connectivity index (χ1v) is 6.69. The number of furan rings is 1. The van der Waals surface area contributed by atoms with E-state index in [4.69, 9.17) is 4.42 Å². The Morgan fingerprint density at radius 3 is 3.05 bits per heavy atom. The van der Waals surface area contributed by atoms with Gasteiger partial charge in [0.05, 0.1) is 12.6 Å². The van der Waals surface area contributed by atoms with E-state index in [-0.39, 0.29) is 6.04 Å². The molecule has 1 atom stereocenters. The van der Waals surface area contributed by atoms with Gasteiger partial charge in [-0.2, -0.15) is 4.98 Å². The summed E-state index contributed by atoms with van der Waals surface area (Å²) >= 11 is 3.45. The van der Waals surface area contributed by atoms with E-state index in [1.807, 2.05) is 31.2 Å². The van der Waals surface area contributed by atoms with Gasteiger partial charge < -0.3 is 14.3 Å². The maximum atomic E-state index is 5.81. The molecule has 1 aromatic carbocycles. The van der Waals surface area contributed by atoms with Gasteiger partial charge in [-0.1, -0.05) is 21.1 Å². The van der Waals surface area contributed by atoms with Crippen molar-refractivity contribution < 1.29 is 8.94 Å². The average molecular weight is 322 g/mol. The fourth-order valence-electron chi connectivity index (χ4n) is 1.86. The van der Waals surface area contributed by atoms with Crippen molar-refractivity contribution in [1.29, 1.82) is 0 Å². The van der Waals surface area contributed by atoms with E-state index < -0.39 is 0 Å². The molecule has 1 unspecified atom stereocenters. The van der Waals surface area contributed by atoms with Crippen LogP contribution in [0, 0.1) is 0 Å². The third-order valence-electron chi connectivity index (χ3n) is 2.90. The van der Waals surface area contributed by atoms with E-state index in [1.54, 1.807) is 0 Å². The molecule has 98 valence electrons. The lowest BCUT2D eigenvalue weighted by Crippen LogP contribution is -2.18. The Labute approximate surface area is 118 Å². The molecule has 0 amide bonds. The minimum atomic E-state index is 0.0738. The molecule has 3 rings (SSSR count). The van der Waals surface area contributed by atoms with Gasteiger partial charge in [-0.05, 0) is 31.2 Å². The van der Waals surface area contributed by atoms with Crippen LogP contribution >= 0.6 is 15.9 Å². The van der Waals surface area contributed by atoms with Crippen LogP contribution in [0.25, 0.3) is 11.0 Å². The van der Waals surface area contributed by atoms with Crippen LogP contribution in [0.1, 0.15) is 24.6 Å². The van der Waals surface area contributed by atoms with Crippen LogP contribution < -0.4 is 5.32 Å². The van der Waals surface area contributed by atoms with Gasteiger partial charge in [0.15, 0.2) is 5.82 Å². The number of fused-ring (bicyclic) bond motifs is 1. The second-order valence-electron chi connectivity index (χ2n) is 4.28. The van der Waals surface area contributed by atoms with Crippen molar-refractivity contribution in [2.24, 2.45) is 0 Å². The normalized spacial score (nSPS) is 12.9. The van der Waals surface area contributed by atoms with Crippen molar-refractivity contribution in [2.45, 2.75) is 19.5 Å². The van der Waals surface area contributed by atoms with Crippen molar-refractivity contribution in [3.05, 3.63) is 46.7 Å². The van der Waals surface area contributed by atoms with Gasteiger partial charge in [-0.3, -0.25) is 0 Å². The third kappa shape index (κ3) is 2.69. The number of nitrogens with one attached hydrogen (secondary N) is 1. The van der Waals surface area contributed by atoms with Crippen LogP contribution in [0.3, 0.4) is 0 Å². The summed E-state index contributed by atoms with van der Waals surface area (Å²) in [5, 5.41) is 8.12. The van der Waals surface area contributed by atoms with Gasteiger partial charge in [0.2, 0.25) is 6.39 Å². The molecule has 19 heavy (non-hydrogen) atoms. The molecular weight excluding hydrogens is 310 g/mol. The number of hydrogen-bond acceptors (Lipinski definition) is 5. The Morgan fingerprint density at radius 1 is 1.37 bits per heavy atom. The Kier molecular flexibility index (Phi) is 3.35. The highest BCUT2D eigenvalue weighted by Crippen LogP contribution is 2.26. The molecule has 0 saturated carbocycles. The van der Waals surface area contributed by atoms with E-state index in [0.717, 1.165) is 21.2 Å². The van der Waals surface area contributed by atoms with E-state index in [9.17, 15) is 0 Å². The van der Waals surface area contributed by atoms with Crippen LogP contribution in [0.4, 0.5) is 0 Å². The zero-order valence-electron chi connectivity index (χ0n) is 10.3. The summed E-state index contributed by atoms with van der Waals surface area (Å²) in [6, 6.07) is 8.06. The summed E-state index contributed by atoms with van der Waals surface area (Å²) in [6.45, 7) is 2.57. The average Bonchev–Trinajstić information content (AvgIpc) is 3.04. The zero-order valence-corrected chi connectivity index (χ0v) is 11.8. The van der Waals surface area contributed by atoms with Crippen LogP contribution in [-0.2, 0) is 6.54 Å². The Bertz CT molecular complexity index is 678. The standard InChI is InChI=1S/C13H12BrN3O2/c1-8(15-6-13-16-7-18-17-13)12-5-9-4-10(14)2-3-11(9)19-12/h2-5,7-8,15H,6H2,1H3. The molecule has 0 radical (unpaired) electrons. The summed E-state index contributed by atoms with van der Waals surface area (Å²) < 4.78 is 11.5. The van der Waals surface area contributed by atoms with Gasteiger partial charge in [0, 0.05) is 9.86 Å². The van der Waals surface area contributed by atoms with E-state index in [0.29, 0.717) is 12.4 Å². The van der Waals surface area contributed by atoms with E-state index >= 15 is 0 Å². The second kappa shape index (κ2) is 5.14. The monoisotopic (exact) mass is 321 g/mol. The van der Waals surface area contributed by atoms with Crippen molar-refractivity contribution in [3.63, 3.8) is 0 Å². The van der Waals surface area contributed by atoms with Crippen molar-refractivity contribution >= 4 is 26.9 Å². The molecule has 0 aliphatic heterocycles.